The molecule has 2 rings (SSSR count). The van der Waals surface area contributed by atoms with Gasteiger partial charge in [-0.15, -0.1) is 0 Å². The Bertz CT molecular complexity index is 990. The number of benzene rings is 1. The second-order valence-electron chi connectivity index (χ2n) is 10.1. The summed E-state index contributed by atoms with van der Waals surface area (Å²) in [6.07, 6.45) is 8.70. The molecule has 2 N–H and O–H groups in total. The van der Waals surface area contributed by atoms with Crippen LogP contribution in [0.15, 0.2) is 48.8 Å². The highest BCUT2D eigenvalue weighted by atomic mass is 16.7. The molecule has 2 aromatic rings. The Morgan fingerprint density at radius 2 is 1.55 bits per heavy atom. The van der Waals surface area contributed by atoms with E-state index in [-0.39, 0.29) is 18.9 Å². The number of aromatic nitrogens is 1. The fourth-order valence-electron chi connectivity index (χ4n) is 3.58. The zero-order valence-corrected chi connectivity index (χ0v) is 23.0. The number of hydrogen-bond acceptors (Lipinski definition) is 7. The van der Waals surface area contributed by atoms with Gasteiger partial charge in [0.15, 0.2) is 0 Å². The highest BCUT2D eigenvalue weighted by Crippen LogP contribution is 2.15. The highest BCUT2D eigenvalue weighted by Gasteiger charge is 2.24. The predicted octanol–water partition coefficient (Wildman–Crippen LogP) is 5.71. The highest BCUT2D eigenvalue weighted by molar-refractivity contribution is 5.86. The number of amides is 2. The molecule has 0 unspecified atom stereocenters. The Morgan fingerprint density at radius 1 is 0.895 bits per heavy atom. The lowest BCUT2D eigenvalue weighted by molar-refractivity contribution is -0.123. The molecule has 2 amide bonds. The van der Waals surface area contributed by atoms with Crippen LogP contribution in [0.3, 0.4) is 0 Å². The molecule has 0 spiro atoms. The maximum Gasteiger partial charge on any atom is 0.514 e. The Labute approximate surface area is 225 Å². The van der Waals surface area contributed by atoms with E-state index in [0.29, 0.717) is 12.3 Å². The van der Waals surface area contributed by atoms with Gasteiger partial charge in [-0.1, -0.05) is 51.2 Å². The van der Waals surface area contributed by atoms with Crippen molar-refractivity contribution in [1.82, 2.24) is 15.6 Å². The number of nitrogens with one attached hydrogen (secondary N) is 2. The van der Waals surface area contributed by atoms with Crippen LogP contribution in [-0.4, -0.2) is 41.3 Å². The van der Waals surface area contributed by atoms with Gasteiger partial charge < -0.3 is 24.8 Å². The van der Waals surface area contributed by atoms with Crippen LogP contribution < -0.4 is 15.4 Å². The van der Waals surface area contributed by atoms with Gasteiger partial charge in [0.2, 0.25) is 5.91 Å². The smallest absolute Gasteiger partial charge is 0.444 e. The number of nitrogens with zero attached hydrogens (tertiary/aromatic N) is 1. The molecule has 0 saturated carbocycles. The van der Waals surface area contributed by atoms with Crippen LogP contribution in [0.5, 0.6) is 5.75 Å². The Balaban J connectivity index is 1.91. The van der Waals surface area contributed by atoms with Crippen molar-refractivity contribution < 1.29 is 28.6 Å². The Hall–Kier alpha value is -3.62. The van der Waals surface area contributed by atoms with Crippen LogP contribution in [0.1, 0.15) is 77.3 Å². The molecule has 0 fully saturated rings. The molecule has 1 aromatic carbocycles. The molecule has 208 valence electrons. The third kappa shape index (κ3) is 13.1. The molecule has 9 heteroatoms. The number of pyridine rings is 1. The lowest BCUT2D eigenvalue weighted by Gasteiger charge is -2.23. The van der Waals surface area contributed by atoms with Gasteiger partial charge >= 0.3 is 12.2 Å². The number of carbonyl (C=O) groups excluding carboxylic acids is 3. The minimum absolute atomic E-state index is 0.0747. The third-order valence-electron chi connectivity index (χ3n) is 5.51. The van der Waals surface area contributed by atoms with E-state index < -0.39 is 23.9 Å². The number of carbonyl (C=O) groups is 3. The van der Waals surface area contributed by atoms with Crippen molar-refractivity contribution in [3.8, 4) is 5.75 Å². The fourth-order valence-corrected chi connectivity index (χ4v) is 3.58. The minimum Gasteiger partial charge on any atom is -0.444 e. The summed E-state index contributed by atoms with van der Waals surface area (Å²) in [6.45, 7) is 8.10. The average molecular weight is 528 g/mol. The lowest BCUT2D eigenvalue weighted by Crippen LogP contribution is -2.49. The molecule has 9 nitrogen and oxygen atoms in total. The van der Waals surface area contributed by atoms with E-state index in [2.05, 4.69) is 22.5 Å². The zero-order valence-electron chi connectivity index (χ0n) is 23.0. The largest absolute Gasteiger partial charge is 0.514 e. The normalized spacial score (nSPS) is 11.8. The zero-order chi connectivity index (χ0) is 27.8. The lowest BCUT2D eigenvalue weighted by atomic mass is 10.0. The second kappa shape index (κ2) is 16.3. The first-order valence-corrected chi connectivity index (χ1v) is 13.3. The molecular formula is C29H41N3O6. The summed E-state index contributed by atoms with van der Waals surface area (Å²) in [4.78, 5) is 41.2. The van der Waals surface area contributed by atoms with Crippen LogP contribution >= 0.6 is 0 Å². The fraction of sp³-hybridized carbons (Fsp3) is 0.517. The van der Waals surface area contributed by atoms with Crippen molar-refractivity contribution in [2.45, 2.75) is 90.9 Å². The van der Waals surface area contributed by atoms with Crippen molar-refractivity contribution in [1.29, 1.82) is 0 Å². The summed E-state index contributed by atoms with van der Waals surface area (Å²) in [5.41, 5.74) is 0.887. The molecule has 38 heavy (non-hydrogen) atoms. The molecule has 1 heterocycles. The molecule has 0 saturated heterocycles. The first-order chi connectivity index (χ1) is 18.2. The van der Waals surface area contributed by atoms with Gasteiger partial charge in [-0.3, -0.25) is 9.78 Å². The molecule has 1 aromatic heterocycles. The van der Waals surface area contributed by atoms with Gasteiger partial charge in [0.05, 0.1) is 0 Å². The van der Waals surface area contributed by atoms with Gasteiger partial charge in [0.1, 0.15) is 24.0 Å². The predicted molar refractivity (Wildman–Crippen MR) is 145 cm³/mol. The summed E-state index contributed by atoms with van der Waals surface area (Å²) >= 11 is 0. The minimum atomic E-state index is -0.826. The number of rotatable bonds is 14. The number of unbranched alkanes of at least 4 members (excludes halogenated alkanes) is 5. The molecule has 0 bridgehead atoms. The first-order valence-electron chi connectivity index (χ1n) is 13.3. The topological polar surface area (TPSA) is 116 Å². The van der Waals surface area contributed by atoms with Gasteiger partial charge in [0.25, 0.3) is 0 Å². The standard InChI is InChI=1S/C29H41N3O6/c1-5-6-7-8-9-10-17-31-26(33)25(32-27(34)38-29(2,3)4)20-22-11-13-24(14-12-22)37-28(35)36-21-23-15-18-30-19-16-23/h11-16,18-19,25H,5-10,17,20-21H2,1-4H3,(H,31,33)(H,32,34)/t25-/m0/s1. The Morgan fingerprint density at radius 3 is 2.21 bits per heavy atom. The molecule has 1 atom stereocenters. The van der Waals surface area contributed by atoms with Gasteiger partial charge in [-0.25, -0.2) is 9.59 Å². The van der Waals surface area contributed by atoms with E-state index in [1.807, 2.05) is 0 Å². The molecule has 0 aliphatic rings. The molecule has 0 aliphatic carbocycles. The van der Waals surface area contributed by atoms with Gasteiger partial charge in [0, 0.05) is 25.4 Å². The van der Waals surface area contributed by atoms with Crippen LogP contribution in [0.2, 0.25) is 0 Å². The van der Waals surface area contributed by atoms with Crippen LogP contribution in [0.25, 0.3) is 0 Å². The molecular weight excluding hydrogens is 486 g/mol. The van der Waals surface area contributed by atoms with Crippen molar-refractivity contribution in [2.24, 2.45) is 0 Å². The summed E-state index contributed by atoms with van der Waals surface area (Å²) in [6, 6.07) is 9.36. The van der Waals surface area contributed by atoms with E-state index >= 15 is 0 Å². The van der Waals surface area contributed by atoms with Crippen molar-refractivity contribution >= 4 is 18.2 Å². The van der Waals surface area contributed by atoms with E-state index in [1.165, 1.54) is 19.3 Å². The van der Waals surface area contributed by atoms with Gasteiger partial charge in [-0.05, 0) is 62.6 Å². The van der Waals surface area contributed by atoms with E-state index in [1.54, 1.807) is 69.6 Å². The number of alkyl carbamates (subject to hydrolysis) is 1. The number of hydrogen-bond donors (Lipinski definition) is 2. The first kappa shape index (κ1) is 30.6. The third-order valence-corrected chi connectivity index (χ3v) is 5.51. The van der Waals surface area contributed by atoms with E-state index in [0.717, 1.165) is 30.4 Å². The van der Waals surface area contributed by atoms with E-state index in [4.69, 9.17) is 14.2 Å². The average Bonchev–Trinajstić information content (AvgIpc) is 2.87. The van der Waals surface area contributed by atoms with Crippen LogP contribution in [-0.2, 0) is 27.3 Å². The van der Waals surface area contributed by atoms with Crippen LogP contribution in [0, 0.1) is 0 Å². The second-order valence-corrected chi connectivity index (χ2v) is 10.1. The molecule has 0 radical (unpaired) electrons. The summed E-state index contributed by atoms with van der Waals surface area (Å²) in [7, 11) is 0. The Kier molecular flexibility index (Phi) is 13.1. The molecule has 0 aliphatic heterocycles. The van der Waals surface area contributed by atoms with Crippen molar-refractivity contribution in [2.75, 3.05) is 6.54 Å². The summed E-state index contributed by atoms with van der Waals surface area (Å²) in [5.74, 6) is 0.0297. The SMILES string of the molecule is CCCCCCCCNC(=O)[C@H](Cc1ccc(OC(=O)OCc2ccncc2)cc1)NC(=O)OC(C)(C)C. The quantitative estimate of drug-likeness (QED) is 0.184. The summed E-state index contributed by atoms with van der Waals surface area (Å²) in [5, 5.41) is 5.61. The van der Waals surface area contributed by atoms with Crippen LogP contribution in [0.4, 0.5) is 9.59 Å². The monoisotopic (exact) mass is 527 g/mol. The van der Waals surface area contributed by atoms with Crippen molar-refractivity contribution in [3.05, 3.63) is 59.9 Å². The number of ether oxygens (including phenoxy) is 3. The van der Waals surface area contributed by atoms with Gasteiger partial charge in [-0.2, -0.15) is 0 Å². The van der Waals surface area contributed by atoms with Crippen molar-refractivity contribution in [3.63, 3.8) is 0 Å². The summed E-state index contributed by atoms with van der Waals surface area (Å²) < 4.78 is 15.7. The van der Waals surface area contributed by atoms with E-state index in [9.17, 15) is 14.4 Å². The maximum atomic E-state index is 12.9. The maximum absolute atomic E-state index is 12.9.